The number of nitrogens with one attached hydrogen (secondary N) is 1. The number of nitrogens with zero attached hydrogens (tertiary/aromatic N) is 1. The first-order valence-corrected chi connectivity index (χ1v) is 8.12. The summed E-state index contributed by atoms with van der Waals surface area (Å²) in [7, 11) is 5.72. The van der Waals surface area contributed by atoms with Gasteiger partial charge in [0.1, 0.15) is 5.75 Å². The van der Waals surface area contributed by atoms with Gasteiger partial charge in [-0.2, -0.15) is 0 Å². The Bertz CT molecular complexity index is 648. The number of benzene rings is 2. The Morgan fingerprint density at radius 3 is 2.25 bits per heavy atom. The Balaban J connectivity index is 1.92. The fourth-order valence-electron chi connectivity index (χ4n) is 2.59. The summed E-state index contributed by atoms with van der Waals surface area (Å²) in [5.41, 5.74) is 3.19. The summed E-state index contributed by atoms with van der Waals surface area (Å²) in [6, 6.07) is 16.0. The SMILES string of the molecule is COc1ccc(C(=O)CNCC(c2ccc(C)cc2)N(C)C)cc1. The predicted molar refractivity (Wildman–Crippen MR) is 97.8 cm³/mol. The molecule has 24 heavy (non-hydrogen) atoms. The lowest BCUT2D eigenvalue weighted by Crippen LogP contribution is -2.33. The van der Waals surface area contributed by atoms with Crippen LogP contribution in [0, 0.1) is 6.92 Å². The van der Waals surface area contributed by atoms with E-state index in [0.717, 1.165) is 12.3 Å². The molecule has 0 saturated carbocycles. The van der Waals surface area contributed by atoms with Crippen molar-refractivity contribution in [3.63, 3.8) is 0 Å². The normalized spacial score (nSPS) is 12.2. The first-order valence-electron chi connectivity index (χ1n) is 8.12. The molecule has 0 heterocycles. The average Bonchev–Trinajstić information content (AvgIpc) is 2.59. The van der Waals surface area contributed by atoms with Crippen LogP contribution in [0.3, 0.4) is 0 Å². The van der Waals surface area contributed by atoms with Crippen LogP contribution in [-0.2, 0) is 0 Å². The lowest BCUT2D eigenvalue weighted by molar-refractivity contribution is 0.0988. The number of carbonyl (C=O) groups excluding carboxylic acids is 1. The molecule has 0 fully saturated rings. The van der Waals surface area contributed by atoms with E-state index in [9.17, 15) is 4.79 Å². The third kappa shape index (κ3) is 4.91. The lowest BCUT2D eigenvalue weighted by Gasteiger charge is -2.25. The van der Waals surface area contributed by atoms with Gasteiger partial charge in [0.05, 0.1) is 13.7 Å². The number of likely N-dealkylation sites (N-methyl/N-ethyl adjacent to an activating group) is 1. The second-order valence-electron chi connectivity index (χ2n) is 6.17. The third-order valence-electron chi connectivity index (χ3n) is 4.12. The molecule has 0 aromatic heterocycles. The average molecular weight is 326 g/mol. The van der Waals surface area contributed by atoms with Gasteiger partial charge in [-0.05, 0) is 50.8 Å². The maximum Gasteiger partial charge on any atom is 0.176 e. The minimum atomic E-state index is 0.0825. The fourth-order valence-corrected chi connectivity index (χ4v) is 2.59. The number of hydrogen-bond acceptors (Lipinski definition) is 4. The van der Waals surface area contributed by atoms with E-state index in [-0.39, 0.29) is 11.8 Å². The van der Waals surface area contributed by atoms with Gasteiger partial charge in [0.25, 0.3) is 0 Å². The van der Waals surface area contributed by atoms with Crippen molar-refractivity contribution < 1.29 is 9.53 Å². The summed E-state index contributed by atoms with van der Waals surface area (Å²) in [4.78, 5) is 14.4. The molecule has 1 unspecified atom stereocenters. The molecule has 2 rings (SSSR count). The number of ether oxygens (including phenoxy) is 1. The van der Waals surface area contributed by atoms with Gasteiger partial charge in [0.2, 0.25) is 0 Å². The van der Waals surface area contributed by atoms with Gasteiger partial charge in [0.15, 0.2) is 5.78 Å². The van der Waals surface area contributed by atoms with Crippen molar-refractivity contribution in [3.05, 3.63) is 65.2 Å². The van der Waals surface area contributed by atoms with Crippen LogP contribution in [0.4, 0.5) is 0 Å². The molecular weight excluding hydrogens is 300 g/mol. The molecule has 0 saturated heterocycles. The maximum absolute atomic E-state index is 12.3. The first-order chi connectivity index (χ1) is 11.5. The molecule has 0 aliphatic rings. The highest BCUT2D eigenvalue weighted by atomic mass is 16.5. The van der Waals surface area contributed by atoms with Gasteiger partial charge in [-0.15, -0.1) is 0 Å². The van der Waals surface area contributed by atoms with Crippen molar-refractivity contribution in [1.82, 2.24) is 10.2 Å². The minimum absolute atomic E-state index is 0.0825. The van der Waals surface area contributed by atoms with Gasteiger partial charge in [0, 0.05) is 18.2 Å². The van der Waals surface area contributed by atoms with E-state index in [2.05, 4.69) is 55.5 Å². The Morgan fingerprint density at radius 2 is 1.71 bits per heavy atom. The van der Waals surface area contributed by atoms with Crippen LogP contribution in [-0.4, -0.2) is 45.0 Å². The van der Waals surface area contributed by atoms with Crippen LogP contribution in [0.2, 0.25) is 0 Å². The molecule has 0 aliphatic heterocycles. The van der Waals surface area contributed by atoms with Gasteiger partial charge < -0.3 is 15.0 Å². The van der Waals surface area contributed by atoms with Crippen molar-refractivity contribution in [1.29, 1.82) is 0 Å². The molecule has 0 amide bonds. The molecule has 4 heteroatoms. The maximum atomic E-state index is 12.3. The number of ketones is 1. The second kappa shape index (κ2) is 8.62. The second-order valence-corrected chi connectivity index (χ2v) is 6.17. The highest BCUT2D eigenvalue weighted by molar-refractivity contribution is 5.97. The quantitative estimate of drug-likeness (QED) is 0.757. The Morgan fingerprint density at radius 1 is 1.08 bits per heavy atom. The summed E-state index contributed by atoms with van der Waals surface area (Å²) >= 11 is 0. The number of rotatable bonds is 8. The van der Waals surface area contributed by atoms with E-state index >= 15 is 0 Å². The molecule has 0 bridgehead atoms. The van der Waals surface area contributed by atoms with Gasteiger partial charge in [-0.3, -0.25) is 4.79 Å². The van der Waals surface area contributed by atoms with Crippen LogP contribution in [0.5, 0.6) is 5.75 Å². The van der Waals surface area contributed by atoms with Crippen LogP contribution in [0.25, 0.3) is 0 Å². The topological polar surface area (TPSA) is 41.6 Å². The molecule has 1 N–H and O–H groups in total. The summed E-state index contributed by atoms with van der Waals surface area (Å²) in [5.74, 6) is 0.839. The molecule has 1 atom stereocenters. The van der Waals surface area contributed by atoms with E-state index in [1.165, 1.54) is 11.1 Å². The summed E-state index contributed by atoms with van der Waals surface area (Å²) < 4.78 is 5.11. The number of carbonyl (C=O) groups is 1. The Hall–Kier alpha value is -2.17. The van der Waals surface area contributed by atoms with Crippen molar-refractivity contribution >= 4 is 5.78 Å². The summed E-state index contributed by atoms with van der Waals surface area (Å²) in [6.45, 7) is 3.13. The Kier molecular flexibility index (Phi) is 6.53. The first kappa shape index (κ1) is 18.2. The van der Waals surface area contributed by atoms with E-state index in [4.69, 9.17) is 4.74 Å². The number of aryl methyl sites for hydroxylation is 1. The molecule has 0 spiro atoms. The monoisotopic (exact) mass is 326 g/mol. The lowest BCUT2D eigenvalue weighted by atomic mass is 10.0. The molecule has 2 aromatic carbocycles. The molecular formula is C20H26N2O2. The van der Waals surface area contributed by atoms with Crippen LogP contribution in [0.15, 0.2) is 48.5 Å². The smallest absolute Gasteiger partial charge is 0.176 e. The number of hydrogen-bond donors (Lipinski definition) is 1. The van der Waals surface area contributed by atoms with Gasteiger partial charge in [-0.1, -0.05) is 29.8 Å². The van der Waals surface area contributed by atoms with E-state index in [1.54, 1.807) is 19.2 Å². The van der Waals surface area contributed by atoms with Crippen molar-refractivity contribution in [2.24, 2.45) is 0 Å². The van der Waals surface area contributed by atoms with Gasteiger partial charge >= 0.3 is 0 Å². The zero-order chi connectivity index (χ0) is 17.5. The Labute approximate surface area is 144 Å². The summed E-state index contributed by atoms with van der Waals surface area (Å²) in [6.07, 6.45) is 0. The highest BCUT2D eigenvalue weighted by Gasteiger charge is 2.14. The summed E-state index contributed by atoms with van der Waals surface area (Å²) in [5, 5.41) is 3.28. The molecule has 0 aliphatic carbocycles. The van der Waals surface area contributed by atoms with Crippen molar-refractivity contribution in [2.75, 3.05) is 34.3 Å². The number of methoxy groups -OCH3 is 1. The zero-order valence-corrected chi connectivity index (χ0v) is 14.9. The van der Waals surface area contributed by atoms with Crippen molar-refractivity contribution in [3.8, 4) is 5.75 Å². The molecule has 4 nitrogen and oxygen atoms in total. The molecule has 2 aromatic rings. The van der Waals surface area contributed by atoms with E-state index in [0.29, 0.717) is 12.1 Å². The largest absolute Gasteiger partial charge is 0.497 e. The molecule has 128 valence electrons. The van der Waals surface area contributed by atoms with Gasteiger partial charge in [-0.25, -0.2) is 0 Å². The van der Waals surface area contributed by atoms with Crippen LogP contribution < -0.4 is 10.1 Å². The van der Waals surface area contributed by atoms with Crippen LogP contribution in [0.1, 0.15) is 27.5 Å². The third-order valence-corrected chi connectivity index (χ3v) is 4.12. The van der Waals surface area contributed by atoms with E-state index < -0.39 is 0 Å². The molecule has 0 radical (unpaired) electrons. The predicted octanol–water partition coefficient (Wildman–Crippen LogP) is 3.08. The minimum Gasteiger partial charge on any atom is -0.497 e. The fraction of sp³-hybridized carbons (Fsp3) is 0.350. The van der Waals surface area contributed by atoms with E-state index in [1.807, 2.05) is 12.1 Å². The standard InChI is InChI=1S/C20H26N2O2/c1-15-5-7-16(8-6-15)19(22(2)3)13-21-14-20(23)17-9-11-18(24-4)12-10-17/h5-12,19,21H,13-14H2,1-4H3. The number of Topliss-reactive ketones (excluding diaryl/α,β-unsaturated/α-hetero) is 1. The van der Waals surface area contributed by atoms with Crippen LogP contribution >= 0.6 is 0 Å². The zero-order valence-electron chi connectivity index (χ0n) is 14.9. The highest BCUT2D eigenvalue weighted by Crippen LogP contribution is 2.18. The van der Waals surface area contributed by atoms with Crippen molar-refractivity contribution in [2.45, 2.75) is 13.0 Å².